The first-order valence-corrected chi connectivity index (χ1v) is 8.11. The lowest BCUT2D eigenvalue weighted by molar-refractivity contribution is -0.185. The molecule has 0 saturated carbocycles. The number of nitrogens with zero attached hydrogens (tertiary/aromatic N) is 2. The predicted octanol–water partition coefficient (Wildman–Crippen LogP) is 2.43. The predicted molar refractivity (Wildman–Crippen MR) is 75.3 cm³/mol. The summed E-state index contributed by atoms with van der Waals surface area (Å²) in [6.07, 6.45) is 4.25. The van der Waals surface area contributed by atoms with Crippen LogP contribution in [-0.2, 0) is 22.4 Å². The zero-order valence-electron chi connectivity index (χ0n) is 11.6. The summed E-state index contributed by atoms with van der Waals surface area (Å²) in [5, 5.41) is 3.48. The molecule has 0 bridgehead atoms. The van der Waals surface area contributed by atoms with E-state index in [9.17, 15) is 0 Å². The van der Waals surface area contributed by atoms with Crippen LogP contribution in [0.15, 0.2) is 5.38 Å². The summed E-state index contributed by atoms with van der Waals surface area (Å²) in [5.41, 5.74) is 1.22. The fraction of sp³-hybridized carbons (Fsp3) is 0.786. The molecular weight excluding hydrogens is 260 g/mol. The van der Waals surface area contributed by atoms with Gasteiger partial charge in [-0.05, 0) is 12.8 Å². The van der Waals surface area contributed by atoms with Crippen LogP contribution in [0, 0.1) is 0 Å². The average Bonchev–Trinajstić information content (AvgIpc) is 3.04. The Hall–Kier alpha value is -0.490. The van der Waals surface area contributed by atoms with Crippen LogP contribution in [0.3, 0.4) is 0 Å². The van der Waals surface area contributed by atoms with E-state index in [4.69, 9.17) is 14.5 Å². The molecule has 2 saturated heterocycles. The van der Waals surface area contributed by atoms with Gasteiger partial charge in [-0.15, -0.1) is 11.3 Å². The maximum atomic E-state index is 5.75. The van der Waals surface area contributed by atoms with Crippen molar-refractivity contribution in [1.29, 1.82) is 0 Å². The van der Waals surface area contributed by atoms with Crippen molar-refractivity contribution in [3.05, 3.63) is 16.1 Å². The van der Waals surface area contributed by atoms with Gasteiger partial charge in [-0.1, -0.05) is 6.92 Å². The van der Waals surface area contributed by atoms with Gasteiger partial charge >= 0.3 is 0 Å². The molecule has 0 N–H and O–H groups in total. The third kappa shape index (κ3) is 3.16. The van der Waals surface area contributed by atoms with Gasteiger partial charge < -0.3 is 9.47 Å². The second-order valence-electron chi connectivity index (χ2n) is 5.37. The first-order chi connectivity index (χ1) is 9.30. The van der Waals surface area contributed by atoms with E-state index in [1.165, 1.54) is 17.1 Å². The second kappa shape index (κ2) is 5.87. The Morgan fingerprint density at radius 2 is 2.05 bits per heavy atom. The molecule has 0 unspecified atom stereocenters. The Kier molecular flexibility index (Phi) is 4.17. The van der Waals surface area contributed by atoms with Crippen LogP contribution in [0.25, 0.3) is 0 Å². The van der Waals surface area contributed by atoms with Crippen molar-refractivity contribution in [1.82, 2.24) is 9.88 Å². The summed E-state index contributed by atoms with van der Waals surface area (Å²) in [7, 11) is 0. The zero-order valence-corrected chi connectivity index (χ0v) is 12.4. The van der Waals surface area contributed by atoms with Crippen LogP contribution in [0.4, 0.5) is 0 Å². The van der Waals surface area contributed by atoms with Crippen molar-refractivity contribution in [2.45, 2.75) is 44.9 Å². The van der Waals surface area contributed by atoms with E-state index in [1.54, 1.807) is 11.3 Å². The smallest absolute Gasteiger partial charge is 0.170 e. The van der Waals surface area contributed by atoms with E-state index in [0.717, 1.165) is 52.1 Å². The van der Waals surface area contributed by atoms with Crippen LogP contribution in [-0.4, -0.2) is 42.0 Å². The van der Waals surface area contributed by atoms with Crippen molar-refractivity contribution in [3.8, 4) is 0 Å². The van der Waals surface area contributed by atoms with Crippen LogP contribution < -0.4 is 0 Å². The van der Waals surface area contributed by atoms with Crippen molar-refractivity contribution in [3.63, 3.8) is 0 Å². The summed E-state index contributed by atoms with van der Waals surface area (Å²) in [6, 6.07) is 0. The fourth-order valence-corrected chi connectivity index (χ4v) is 3.71. The van der Waals surface area contributed by atoms with E-state index in [-0.39, 0.29) is 5.79 Å². The lowest BCUT2D eigenvalue weighted by Crippen LogP contribution is -2.44. The van der Waals surface area contributed by atoms with Gasteiger partial charge in [0.1, 0.15) is 0 Å². The molecule has 0 radical (unpaired) electrons. The van der Waals surface area contributed by atoms with Gasteiger partial charge in [-0.3, -0.25) is 4.90 Å². The van der Waals surface area contributed by atoms with E-state index >= 15 is 0 Å². The maximum absolute atomic E-state index is 5.75. The van der Waals surface area contributed by atoms with Crippen LogP contribution in [0.1, 0.15) is 36.9 Å². The SMILES string of the molecule is CCCc1nc(CN2CCC3(CC2)OCCO3)cs1. The van der Waals surface area contributed by atoms with Crippen molar-refractivity contribution < 1.29 is 9.47 Å². The van der Waals surface area contributed by atoms with E-state index in [0.29, 0.717) is 0 Å². The molecule has 0 amide bonds. The fourth-order valence-electron chi connectivity index (χ4n) is 2.82. The van der Waals surface area contributed by atoms with Crippen LogP contribution in [0.5, 0.6) is 0 Å². The number of hydrogen-bond acceptors (Lipinski definition) is 5. The Balaban J connectivity index is 1.51. The second-order valence-corrected chi connectivity index (χ2v) is 6.31. The standard InChI is InChI=1S/C14H22N2O2S/c1-2-3-13-15-12(11-19-13)10-16-6-4-14(5-7-16)17-8-9-18-14/h11H,2-10H2,1H3. The van der Waals surface area contributed by atoms with Gasteiger partial charge in [-0.2, -0.15) is 0 Å². The lowest BCUT2D eigenvalue weighted by atomic mass is 10.0. The summed E-state index contributed by atoms with van der Waals surface area (Å²) < 4.78 is 11.5. The highest BCUT2D eigenvalue weighted by Gasteiger charge is 2.39. The highest BCUT2D eigenvalue weighted by Crippen LogP contribution is 2.31. The number of aryl methyl sites for hydroxylation is 1. The normalized spacial score (nSPS) is 23.2. The molecule has 3 heterocycles. The first kappa shape index (κ1) is 13.5. The molecule has 3 rings (SSSR count). The summed E-state index contributed by atoms with van der Waals surface area (Å²) >= 11 is 1.79. The molecule has 19 heavy (non-hydrogen) atoms. The third-order valence-electron chi connectivity index (χ3n) is 3.88. The summed E-state index contributed by atoms with van der Waals surface area (Å²) in [4.78, 5) is 7.16. The molecule has 4 nitrogen and oxygen atoms in total. The minimum Gasteiger partial charge on any atom is -0.347 e. The van der Waals surface area contributed by atoms with Crippen LogP contribution >= 0.6 is 11.3 Å². The number of hydrogen-bond donors (Lipinski definition) is 0. The molecule has 0 atom stereocenters. The van der Waals surface area contributed by atoms with Gasteiger partial charge in [0.2, 0.25) is 0 Å². The van der Waals surface area contributed by atoms with Gasteiger partial charge in [0.15, 0.2) is 5.79 Å². The Labute approximate surface area is 118 Å². The topological polar surface area (TPSA) is 34.6 Å². The lowest BCUT2D eigenvalue weighted by Gasteiger charge is -2.37. The molecule has 2 aliphatic heterocycles. The summed E-state index contributed by atoms with van der Waals surface area (Å²) in [6.45, 7) is 6.77. The molecule has 0 aliphatic carbocycles. The van der Waals surface area contributed by atoms with Crippen molar-refractivity contribution >= 4 is 11.3 Å². The largest absolute Gasteiger partial charge is 0.347 e. The van der Waals surface area contributed by atoms with Gasteiger partial charge in [-0.25, -0.2) is 4.98 Å². The number of likely N-dealkylation sites (tertiary alicyclic amines) is 1. The molecule has 0 aromatic carbocycles. The van der Waals surface area contributed by atoms with Crippen LogP contribution in [0.2, 0.25) is 0 Å². The van der Waals surface area contributed by atoms with Gasteiger partial charge in [0, 0.05) is 37.9 Å². The van der Waals surface area contributed by atoms with Crippen molar-refractivity contribution in [2.75, 3.05) is 26.3 Å². The molecule has 1 aromatic heterocycles. The number of thiazole rings is 1. The van der Waals surface area contributed by atoms with E-state index in [2.05, 4.69) is 17.2 Å². The molecule has 2 aliphatic rings. The highest BCUT2D eigenvalue weighted by molar-refractivity contribution is 7.09. The number of ether oxygens (including phenoxy) is 2. The molecular formula is C14H22N2O2S. The molecule has 1 aromatic rings. The Morgan fingerprint density at radius 3 is 2.74 bits per heavy atom. The zero-order chi connectivity index (χ0) is 13.1. The molecule has 5 heteroatoms. The summed E-state index contributed by atoms with van der Waals surface area (Å²) in [5.74, 6) is -0.258. The monoisotopic (exact) mass is 282 g/mol. The average molecular weight is 282 g/mol. The van der Waals surface area contributed by atoms with Gasteiger partial charge in [0.25, 0.3) is 0 Å². The Bertz CT molecular complexity index is 405. The third-order valence-corrected chi connectivity index (χ3v) is 4.84. The van der Waals surface area contributed by atoms with Gasteiger partial charge in [0.05, 0.1) is 23.9 Å². The maximum Gasteiger partial charge on any atom is 0.170 e. The number of rotatable bonds is 4. The van der Waals surface area contributed by atoms with Crippen molar-refractivity contribution in [2.24, 2.45) is 0 Å². The Morgan fingerprint density at radius 1 is 1.32 bits per heavy atom. The first-order valence-electron chi connectivity index (χ1n) is 7.23. The molecule has 106 valence electrons. The molecule has 2 fully saturated rings. The quantitative estimate of drug-likeness (QED) is 0.849. The molecule has 1 spiro atoms. The van der Waals surface area contributed by atoms with E-state index in [1.807, 2.05) is 0 Å². The van der Waals surface area contributed by atoms with E-state index < -0.39 is 0 Å². The highest BCUT2D eigenvalue weighted by atomic mass is 32.1. The number of piperidine rings is 1. The minimum absolute atomic E-state index is 0.258. The minimum atomic E-state index is -0.258. The number of aromatic nitrogens is 1.